The molecule has 1 aliphatic rings. The minimum atomic E-state index is -0.974. The molecule has 0 radical (unpaired) electrons. The predicted molar refractivity (Wildman–Crippen MR) is 81.1 cm³/mol. The molecule has 4 nitrogen and oxygen atoms in total. The van der Waals surface area contributed by atoms with Crippen molar-refractivity contribution in [1.29, 1.82) is 0 Å². The third-order valence-corrected chi connectivity index (χ3v) is 4.12. The van der Waals surface area contributed by atoms with Gasteiger partial charge in [-0.15, -0.1) is 0 Å². The van der Waals surface area contributed by atoms with Gasteiger partial charge in [-0.1, -0.05) is 25.0 Å². The molecule has 1 unspecified atom stereocenters. The smallest absolute Gasteiger partial charge is 0.303 e. The van der Waals surface area contributed by atoms with Gasteiger partial charge in [0.2, 0.25) is 5.91 Å². The Morgan fingerprint density at radius 3 is 2.41 bits per heavy atom. The Labute approximate surface area is 129 Å². The molecule has 0 aliphatic carbocycles. The van der Waals surface area contributed by atoms with Crippen LogP contribution in [0.2, 0.25) is 0 Å². The minimum Gasteiger partial charge on any atom is -0.481 e. The van der Waals surface area contributed by atoms with Crippen LogP contribution in [0.3, 0.4) is 0 Å². The third-order valence-electron chi connectivity index (χ3n) is 4.12. The average molecular weight is 307 g/mol. The van der Waals surface area contributed by atoms with Crippen LogP contribution < -0.4 is 0 Å². The first kappa shape index (κ1) is 16.5. The van der Waals surface area contributed by atoms with Crippen molar-refractivity contribution in [3.8, 4) is 0 Å². The topological polar surface area (TPSA) is 57.6 Å². The molecule has 1 saturated heterocycles. The Morgan fingerprint density at radius 1 is 1.14 bits per heavy atom. The number of nitrogens with zero attached hydrogens (tertiary/aromatic N) is 1. The summed E-state index contributed by atoms with van der Waals surface area (Å²) in [6.07, 6.45) is 4.21. The van der Waals surface area contributed by atoms with Crippen molar-refractivity contribution in [2.24, 2.45) is 0 Å². The minimum absolute atomic E-state index is 0.0302. The Balaban J connectivity index is 2.08. The molecule has 1 N–H and O–H groups in total. The number of hydrogen-bond donors (Lipinski definition) is 1. The summed E-state index contributed by atoms with van der Waals surface area (Å²) in [7, 11) is 0. The molecule has 2 rings (SSSR count). The van der Waals surface area contributed by atoms with E-state index in [0.29, 0.717) is 5.56 Å². The van der Waals surface area contributed by atoms with E-state index >= 15 is 0 Å². The number of benzene rings is 1. The van der Waals surface area contributed by atoms with Gasteiger partial charge in [-0.2, -0.15) is 0 Å². The van der Waals surface area contributed by atoms with Gasteiger partial charge in [-0.05, 0) is 30.5 Å². The lowest BCUT2D eigenvalue weighted by molar-refractivity contribution is -0.138. The van der Waals surface area contributed by atoms with Gasteiger partial charge in [-0.25, -0.2) is 4.39 Å². The van der Waals surface area contributed by atoms with Crippen molar-refractivity contribution in [3.05, 3.63) is 35.6 Å². The van der Waals surface area contributed by atoms with Gasteiger partial charge in [0.25, 0.3) is 0 Å². The standard InChI is InChI=1S/C17H22FNO3/c18-15-7-5-6-13(10-15)14(12-17(21)22)11-16(20)19-8-3-1-2-4-9-19/h5-7,10,14H,1-4,8-9,11-12H2,(H,21,22). The molecular weight excluding hydrogens is 285 g/mol. The van der Waals surface area contributed by atoms with Gasteiger partial charge in [-0.3, -0.25) is 9.59 Å². The molecule has 0 aromatic heterocycles. The molecule has 1 aromatic carbocycles. The van der Waals surface area contributed by atoms with Crippen molar-refractivity contribution in [2.45, 2.75) is 44.4 Å². The van der Waals surface area contributed by atoms with E-state index in [-0.39, 0.29) is 18.7 Å². The van der Waals surface area contributed by atoms with Crippen LogP contribution in [-0.2, 0) is 9.59 Å². The second-order valence-corrected chi connectivity index (χ2v) is 5.85. The Morgan fingerprint density at radius 2 is 1.82 bits per heavy atom. The Kier molecular flexibility index (Phi) is 5.92. The highest BCUT2D eigenvalue weighted by Gasteiger charge is 2.23. The largest absolute Gasteiger partial charge is 0.481 e. The van der Waals surface area contributed by atoms with Crippen LogP contribution in [0.25, 0.3) is 0 Å². The lowest BCUT2D eigenvalue weighted by atomic mass is 9.92. The Bertz CT molecular complexity index is 524. The summed E-state index contributed by atoms with van der Waals surface area (Å²) in [6, 6.07) is 5.88. The van der Waals surface area contributed by atoms with Gasteiger partial charge in [0.15, 0.2) is 0 Å². The van der Waals surface area contributed by atoms with Crippen molar-refractivity contribution >= 4 is 11.9 Å². The van der Waals surface area contributed by atoms with Crippen LogP contribution in [0.5, 0.6) is 0 Å². The molecule has 1 aliphatic heterocycles. The predicted octanol–water partition coefficient (Wildman–Crippen LogP) is 3.18. The molecule has 0 bridgehead atoms. The maximum absolute atomic E-state index is 13.4. The summed E-state index contributed by atoms with van der Waals surface area (Å²) in [5.74, 6) is -1.89. The van der Waals surface area contributed by atoms with Gasteiger partial charge >= 0.3 is 5.97 Å². The number of likely N-dealkylation sites (tertiary alicyclic amines) is 1. The number of amides is 1. The second-order valence-electron chi connectivity index (χ2n) is 5.85. The van der Waals surface area contributed by atoms with Gasteiger partial charge in [0, 0.05) is 25.4 Å². The third kappa shape index (κ3) is 4.83. The number of carbonyl (C=O) groups excluding carboxylic acids is 1. The van der Waals surface area contributed by atoms with Crippen LogP contribution in [-0.4, -0.2) is 35.0 Å². The van der Waals surface area contributed by atoms with E-state index in [1.54, 1.807) is 12.1 Å². The van der Waals surface area contributed by atoms with E-state index in [4.69, 9.17) is 5.11 Å². The zero-order chi connectivity index (χ0) is 15.9. The highest BCUT2D eigenvalue weighted by Crippen LogP contribution is 2.26. The first-order valence-electron chi connectivity index (χ1n) is 7.81. The van der Waals surface area contributed by atoms with Crippen LogP contribution in [0, 0.1) is 5.82 Å². The maximum atomic E-state index is 13.4. The molecule has 1 amide bonds. The Hall–Kier alpha value is -1.91. The van der Waals surface area contributed by atoms with Crippen LogP contribution in [0.1, 0.15) is 50.0 Å². The van der Waals surface area contributed by atoms with Crippen molar-refractivity contribution in [1.82, 2.24) is 4.90 Å². The molecular formula is C17H22FNO3. The van der Waals surface area contributed by atoms with Crippen LogP contribution >= 0.6 is 0 Å². The summed E-state index contributed by atoms with van der Waals surface area (Å²) in [6.45, 7) is 1.48. The average Bonchev–Trinajstić information content (AvgIpc) is 2.75. The summed E-state index contributed by atoms with van der Waals surface area (Å²) < 4.78 is 13.4. The van der Waals surface area contributed by atoms with E-state index in [9.17, 15) is 14.0 Å². The van der Waals surface area contributed by atoms with Crippen LogP contribution in [0.15, 0.2) is 24.3 Å². The lowest BCUT2D eigenvalue weighted by Crippen LogP contribution is -2.33. The van der Waals surface area contributed by atoms with E-state index in [1.165, 1.54) is 12.1 Å². The maximum Gasteiger partial charge on any atom is 0.303 e. The number of rotatable bonds is 5. The summed E-state index contributed by atoms with van der Waals surface area (Å²) in [4.78, 5) is 25.3. The number of halogens is 1. The first-order chi connectivity index (χ1) is 10.6. The number of carbonyl (C=O) groups is 2. The summed E-state index contributed by atoms with van der Waals surface area (Å²) in [5.41, 5.74) is 0.575. The molecule has 0 spiro atoms. The second kappa shape index (κ2) is 7.92. The lowest BCUT2D eigenvalue weighted by Gasteiger charge is -2.23. The molecule has 22 heavy (non-hydrogen) atoms. The fraction of sp³-hybridized carbons (Fsp3) is 0.529. The number of carboxylic acid groups (broad SMARTS) is 1. The summed E-state index contributed by atoms with van der Waals surface area (Å²) >= 11 is 0. The quantitative estimate of drug-likeness (QED) is 0.909. The van der Waals surface area contributed by atoms with E-state index < -0.39 is 17.7 Å². The zero-order valence-electron chi connectivity index (χ0n) is 12.6. The van der Waals surface area contributed by atoms with Crippen molar-refractivity contribution < 1.29 is 19.1 Å². The molecule has 0 saturated carbocycles. The van der Waals surface area contributed by atoms with Gasteiger partial charge < -0.3 is 10.0 Å². The molecule has 1 atom stereocenters. The SMILES string of the molecule is O=C(O)CC(CC(=O)N1CCCCCC1)c1cccc(F)c1. The number of hydrogen-bond acceptors (Lipinski definition) is 2. The molecule has 1 fully saturated rings. The summed E-state index contributed by atoms with van der Waals surface area (Å²) in [5, 5.41) is 9.06. The molecule has 120 valence electrons. The fourth-order valence-electron chi connectivity index (χ4n) is 2.94. The van der Waals surface area contributed by atoms with Crippen LogP contribution in [0.4, 0.5) is 4.39 Å². The number of aliphatic carboxylic acids is 1. The molecule has 1 aromatic rings. The molecule has 5 heteroatoms. The first-order valence-corrected chi connectivity index (χ1v) is 7.81. The fourth-order valence-corrected chi connectivity index (χ4v) is 2.94. The van der Waals surface area contributed by atoms with Crippen molar-refractivity contribution in [3.63, 3.8) is 0 Å². The van der Waals surface area contributed by atoms with Crippen molar-refractivity contribution in [2.75, 3.05) is 13.1 Å². The van der Waals surface area contributed by atoms with Gasteiger partial charge in [0.1, 0.15) is 5.82 Å². The number of carboxylic acids is 1. The molecule has 1 heterocycles. The monoisotopic (exact) mass is 307 g/mol. The highest BCUT2D eigenvalue weighted by atomic mass is 19.1. The van der Waals surface area contributed by atoms with E-state index in [2.05, 4.69) is 0 Å². The van der Waals surface area contributed by atoms with Gasteiger partial charge in [0.05, 0.1) is 6.42 Å². The van der Waals surface area contributed by atoms with E-state index in [1.807, 2.05) is 4.90 Å². The highest BCUT2D eigenvalue weighted by molar-refractivity contribution is 5.78. The zero-order valence-corrected chi connectivity index (χ0v) is 12.6. The van der Waals surface area contributed by atoms with E-state index in [0.717, 1.165) is 38.8 Å². The normalized spacial score (nSPS) is 16.9.